The van der Waals surface area contributed by atoms with E-state index in [9.17, 15) is 9.59 Å². The standard InChI is InChI=1S/C19H36O3/c1-3-4-5-6-7-8-9-10-11-12-13-14-15-16-19(21)17-22-18(2)20/h3-17H2,1-2H3. The molecule has 0 N–H and O–H groups in total. The number of unbranched alkanes of at least 4 members (excludes halogenated alkanes) is 12. The summed E-state index contributed by atoms with van der Waals surface area (Å²) in [5.74, 6) is -0.336. The smallest absolute Gasteiger partial charge is 0.303 e. The van der Waals surface area contributed by atoms with E-state index in [1.165, 1.54) is 77.6 Å². The number of carbonyl (C=O) groups excluding carboxylic acids is 2. The second kappa shape index (κ2) is 16.5. The molecule has 0 aromatic carbocycles. The molecule has 0 unspecified atom stereocenters. The molecule has 22 heavy (non-hydrogen) atoms. The van der Waals surface area contributed by atoms with E-state index in [0.717, 1.165) is 12.8 Å². The molecule has 3 heteroatoms. The van der Waals surface area contributed by atoms with Gasteiger partial charge >= 0.3 is 5.97 Å². The second-order valence-electron chi connectivity index (χ2n) is 6.31. The van der Waals surface area contributed by atoms with E-state index in [1.54, 1.807) is 0 Å². The first-order valence-electron chi connectivity index (χ1n) is 9.32. The highest BCUT2D eigenvalue weighted by molar-refractivity contribution is 5.81. The van der Waals surface area contributed by atoms with Gasteiger partial charge in [-0.25, -0.2) is 0 Å². The molecule has 0 bridgehead atoms. The Balaban J connectivity index is 3.11. The van der Waals surface area contributed by atoms with Crippen LogP contribution in [0.1, 0.15) is 104 Å². The lowest BCUT2D eigenvalue weighted by Crippen LogP contribution is -2.11. The van der Waals surface area contributed by atoms with Gasteiger partial charge in [-0.1, -0.05) is 84.0 Å². The van der Waals surface area contributed by atoms with Gasteiger partial charge in [0.2, 0.25) is 0 Å². The monoisotopic (exact) mass is 312 g/mol. The van der Waals surface area contributed by atoms with Gasteiger partial charge in [0.1, 0.15) is 6.61 Å². The largest absolute Gasteiger partial charge is 0.458 e. The summed E-state index contributed by atoms with van der Waals surface area (Å²) >= 11 is 0. The molecule has 0 aliphatic rings. The van der Waals surface area contributed by atoms with Crippen molar-refractivity contribution in [2.75, 3.05) is 6.61 Å². The fourth-order valence-electron chi connectivity index (χ4n) is 2.59. The summed E-state index contributed by atoms with van der Waals surface area (Å²) in [4.78, 5) is 21.9. The maximum Gasteiger partial charge on any atom is 0.303 e. The number of esters is 1. The minimum atomic E-state index is -0.376. The van der Waals surface area contributed by atoms with E-state index in [0.29, 0.717) is 6.42 Å². The van der Waals surface area contributed by atoms with E-state index in [2.05, 4.69) is 11.7 Å². The first kappa shape index (κ1) is 21.1. The molecular weight excluding hydrogens is 276 g/mol. The summed E-state index contributed by atoms with van der Waals surface area (Å²) < 4.78 is 4.68. The van der Waals surface area contributed by atoms with Gasteiger partial charge in [0.25, 0.3) is 0 Å². The van der Waals surface area contributed by atoms with Crippen LogP contribution in [0.3, 0.4) is 0 Å². The Hall–Kier alpha value is -0.860. The Morgan fingerprint density at radius 2 is 1.09 bits per heavy atom. The Morgan fingerprint density at radius 3 is 1.50 bits per heavy atom. The summed E-state index contributed by atoms with van der Waals surface area (Å²) in [5.41, 5.74) is 0. The first-order chi connectivity index (χ1) is 10.7. The quantitative estimate of drug-likeness (QED) is 0.275. The van der Waals surface area contributed by atoms with Gasteiger partial charge in [-0.05, 0) is 6.42 Å². The molecule has 0 heterocycles. The topological polar surface area (TPSA) is 43.4 Å². The number of rotatable bonds is 16. The molecule has 0 radical (unpaired) electrons. The SMILES string of the molecule is CCCCCCCCCCCCCCCC(=O)COC(C)=O. The van der Waals surface area contributed by atoms with Crippen molar-refractivity contribution in [3.8, 4) is 0 Å². The van der Waals surface area contributed by atoms with E-state index in [4.69, 9.17) is 0 Å². The van der Waals surface area contributed by atoms with Crippen LogP contribution in [0.4, 0.5) is 0 Å². The normalized spacial score (nSPS) is 10.6. The summed E-state index contributed by atoms with van der Waals surface area (Å²) in [5, 5.41) is 0. The van der Waals surface area contributed by atoms with E-state index >= 15 is 0 Å². The van der Waals surface area contributed by atoms with Crippen molar-refractivity contribution in [1.82, 2.24) is 0 Å². The molecule has 0 aromatic heterocycles. The van der Waals surface area contributed by atoms with Crippen LogP contribution < -0.4 is 0 Å². The Bertz CT molecular complexity index is 274. The van der Waals surface area contributed by atoms with Crippen molar-refractivity contribution in [3.63, 3.8) is 0 Å². The predicted octanol–water partition coefficient (Wildman–Crippen LogP) is 5.60. The highest BCUT2D eigenvalue weighted by Crippen LogP contribution is 2.12. The molecule has 0 atom stereocenters. The molecule has 0 fully saturated rings. The number of ketones is 1. The molecule has 0 aromatic rings. The molecule has 0 spiro atoms. The van der Waals surface area contributed by atoms with Gasteiger partial charge in [-0.15, -0.1) is 0 Å². The Kier molecular flexibility index (Phi) is 15.9. The molecule has 0 saturated heterocycles. The lowest BCUT2D eigenvalue weighted by atomic mass is 10.0. The number of carbonyl (C=O) groups is 2. The zero-order valence-electron chi connectivity index (χ0n) is 14.8. The molecule has 3 nitrogen and oxygen atoms in total. The lowest BCUT2D eigenvalue weighted by molar-refractivity contribution is -0.145. The van der Waals surface area contributed by atoms with Crippen LogP contribution in [0, 0.1) is 0 Å². The third kappa shape index (κ3) is 17.2. The molecule has 0 aliphatic heterocycles. The van der Waals surface area contributed by atoms with Crippen LogP contribution in [0.25, 0.3) is 0 Å². The molecule has 0 aliphatic carbocycles. The molecule has 0 saturated carbocycles. The summed E-state index contributed by atoms with van der Waals surface area (Å²) in [7, 11) is 0. The van der Waals surface area contributed by atoms with Gasteiger partial charge in [0, 0.05) is 13.3 Å². The van der Waals surface area contributed by atoms with E-state index in [-0.39, 0.29) is 18.4 Å². The fourth-order valence-corrected chi connectivity index (χ4v) is 2.59. The van der Waals surface area contributed by atoms with Crippen molar-refractivity contribution >= 4 is 11.8 Å². The highest BCUT2D eigenvalue weighted by Gasteiger charge is 2.03. The van der Waals surface area contributed by atoms with Crippen LogP contribution in [0.2, 0.25) is 0 Å². The van der Waals surface area contributed by atoms with Gasteiger partial charge < -0.3 is 4.74 Å². The lowest BCUT2D eigenvalue weighted by Gasteiger charge is -2.03. The zero-order valence-corrected chi connectivity index (χ0v) is 14.8. The van der Waals surface area contributed by atoms with Crippen LogP contribution in [0.5, 0.6) is 0 Å². The van der Waals surface area contributed by atoms with Crippen molar-refractivity contribution in [1.29, 1.82) is 0 Å². The van der Waals surface area contributed by atoms with Gasteiger partial charge in [-0.2, -0.15) is 0 Å². The average Bonchev–Trinajstić information content (AvgIpc) is 2.49. The summed E-state index contributed by atoms with van der Waals surface area (Å²) in [6, 6.07) is 0. The highest BCUT2D eigenvalue weighted by atomic mass is 16.5. The minimum absolute atomic E-state index is 0.0401. The third-order valence-corrected chi connectivity index (χ3v) is 4.00. The molecule has 0 amide bonds. The van der Waals surface area contributed by atoms with Crippen molar-refractivity contribution in [3.05, 3.63) is 0 Å². The molecule has 130 valence electrons. The fraction of sp³-hybridized carbons (Fsp3) is 0.895. The number of hydrogen-bond donors (Lipinski definition) is 0. The minimum Gasteiger partial charge on any atom is -0.458 e. The Labute approximate surface area is 137 Å². The van der Waals surface area contributed by atoms with Gasteiger partial charge in [-0.3, -0.25) is 9.59 Å². The van der Waals surface area contributed by atoms with E-state index < -0.39 is 0 Å². The number of ether oxygens (including phenoxy) is 1. The molecular formula is C19H36O3. The van der Waals surface area contributed by atoms with E-state index in [1.807, 2.05) is 0 Å². The summed E-state index contributed by atoms with van der Waals surface area (Å²) in [6.07, 6.45) is 17.5. The predicted molar refractivity (Wildman–Crippen MR) is 92.0 cm³/mol. The van der Waals surface area contributed by atoms with Crippen LogP contribution in [0.15, 0.2) is 0 Å². The molecule has 0 rings (SSSR count). The van der Waals surface area contributed by atoms with Crippen molar-refractivity contribution in [2.45, 2.75) is 104 Å². The first-order valence-corrected chi connectivity index (χ1v) is 9.32. The summed E-state index contributed by atoms with van der Waals surface area (Å²) in [6.45, 7) is 3.54. The van der Waals surface area contributed by atoms with Crippen LogP contribution in [-0.2, 0) is 14.3 Å². The maximum absolute atomic E-state index is 11.4. The zero-order chi connectivity index (χ0) is 16.5. The third-order valence-electron chi connectivity index (χ3n) is 4.00. The number of Topliss-reactive ketones (excluding diaryl/α,β-unsaturated/α-hetero) is 1. The van der Waals surface area contributed by atoms with Crippen LogP contribution >= 0.6 is 0 Å². The Morgan fingerprint density at radius 1 is 0.682 bits per heavy atom. The van der Waals surface area contributed by atoms with Crippen molar-refractivity contribution in [2.24, 2.45) is 0 Å². The van der Waals surface area contributed by atoms with Gasteiger partial charge in [0.05, 0.1) is 0 Å². The average molecular weight is 312 g/mol. The van der Waals surface area contributed by atoms with Crippen LogP contribution in [-0.4, -0.2) is 18.4 Å². The van der Waals surface area contributed by atoms with Gasteiger partial charge in [0.15, 0.2) is 5.78 Å². The maximum atomic E-state index is 11.4. The second-order valence-corrected chi connectivity index (χ2v) is 6.31. The van der Waals surface area contributed by atoms with Crippen molar-refractivity contribution < 1.29 is 14.3 Å². The number of hydrogen-bond acceptors (Lipinski definition) is 3.